The molecule has 0 aliphatic rings. The molecule has 0 heterocycles. The Hall–Kier alpha value is -0.0900. The van der Waals surface area contributed by atoms with E-state index < -0.39 is 0 Å². The number of hydrogen-bond acceptors (Lipinski definition) is 2. The molecule has 0 aromatic heterocycles. The van der Waals surface area contributed by atoms with Crippen LogP contribution >= 0.6 is 27.5 Å². The molecule has 0 spiro atoms. The molecule has 0 aliphatic heterocycles. The van der Waals surface area contributed by atoms with Crippen molar-refractivity contribution in [3.05, 3.63) is 33.3 Å². The lowest BCUT2D eigenvalue weighted by molar-refractivity contribution is 0.276. The summed E-state index contributed by atoms with van der Waals surface area (Å²) in [5.41, 5.74) is 6.78. The van der Waals surface area contributed by atoms with Crippen LogP contribution in [0.4, 0.5) is 0 Å². The highest BCUT2D eigenvalue weighted by molar-refractivity contribution is 9.10. The second-order valence-corrected chi connectivity index (χ2v) is 4.05. The van der Waals surface area contributed by atoms with Crippen LogP contribution < -0.4 is 5.73 Å². The predicted octanol–water partition coefficient (Wildman–Crippen LogP) is 2.48. The van der Waals surface area contributed by atoms with Gasteiger partial charge in [0.15, 0.2) is 0 Å². The Labute approximate surface area is 90.8 Å². The average molecular weight is 265 g/mol. The van der Waals surface area contributed by atoms with Crippen LogP contribution in [0.1, 0.15) is 18.0 Å². The van der Waals surface area contributed by atoms with Gasteiger partial charge < -0.3 is 10.8 Å². The normalized spacial score (nSPS) is 12.9. The van der Waals surface area contributed by atoms with Gasteiger partial charge in [0.1, 0.15) is 0 Å². The zero-order chi connectivity index (χ0) is 9.84. The van der Waals surface area contributed by atoms with Crippen molar-refractivity contribution in [1.29, 1.82) is 0 Å². The molecule has 0 radical (unpaired) electrons. The molecule has 3 N–H and O–H groups in total. The first-order chi connectivity index (χ1) is 6.15. The molecule has 13 heavy (non-hydrogen) atoms. The van der Waals surface area contributed by atoms with E-state index in [1.165, 1.54) is 0 Å². The fourth-order valence-electron chi connectivity index (χ4n) is 1.05. The van der Waals surface area contributed by atoms with Gasteiger partial charge in [0, 0.05) is 17.1 Å². The van der Waals surface area contributed by atoms with E-state index in [0.29, 0.717) is 11.4 Å². The molecule has 0 saturated carbocycles. The van der Waals surface area contributed by atoms with E-state index in [1.54, 1.807) is 6.07 Å². The summed E-state index contributed by atoms with van der Waals surface area (Å²) in [6.45, 7) is 0.0986. The van der Waals surface area contributed by atoms with Crippen molar-refractivity contribution in [2.75, 3.05) is 6.61 Å². The SMILES string of the molecule is N[C@@H](CCO)c1ccc(Cl)c(Br)c1. The number of aliphatic hydroxyl groups is 1. The maximum Gasteiger partial charge on any atom is 0.0548 e. The van der Waals surface area contributed by atoms with Crippen LogP contribution in [0.25, 0.3) is 0 Å². The molecule has 0 aliphatic carbocycles. The molecule has 1 aromatic carbocycles. The Kier molecular flexibility index (Phi) is 4.19. The molecule has 72 valence electrons. The Morgan fingerprint density at radius 2 is 2.23 bits per heavy atom. The third kappa shape index (κ3) is 2.95. The Balaban J connectivity index is 2.84. The van der Waals surface area contributed by atoms with E-state index in [1.807, 2.05) is 12.1 Å². The summed E-state index contributed by atoms with van der Waals surface area (Å²) in [6, 6.07) is 5.41. The Morgan fingerprint density at radius 3 is 2.77 bits per heavy atom. The van der Waals surface area contributed by atoms with Gasteiger partial charge in [-0.05, 0) is 40.0 Å². The third-order valence-corrected chi connectivity index (χ3v) is 3.03. The standard InChI is InChI=1S/C9H11BrClNO/c10-7-5-6(1-2-8(7)11)9(12)3-4-13/h1-2,5,9,13H,3-4,12H2/t9-/m0/s1. The molecule has 1 aromatic rings. The molecule has 4 heteroatoms. The third-order valence-electron chi connectivity index (χ3n) is 1.81. The van der Waals surface area contributed by atoms with Gasteiger partial charge in [0.2, 0.25) is 0 Å². The van der Waals surface area contributed by atoms with E-state index in [2.05, 4.69) is 15.9 Å². The summed E-state index contributed by atoms with van der Waals surface area (Å²) in [5, 5.41) is 9.37. The fourth-order valence-corrected chi connectivity index (χ4v) is 1.56. The first kappa shape index (κ1) is 11.0. The van der Waals surface area contributed by atoms with Crippen LogP contribution in [-0.2, 0) is 0 Å². The van der Waals surface area contributed by atoms with Crippen LogP contribution in [0, 0.1) is 0 Å². The molecule has 1 atom stereocenters. The number of halogens is 2. The fraction of sp³-hybridized carbons (Fsp3) is 0.333. The highest BCUT2D eigenvalue weighted by Gasteiger charge is 2.06. The molecule has 2 nitrogen and oxygen atoms in total. The minimum atomic E-state index is -0.126. The quantitative estimate of drug-likeness (QED) is 0.881. The second kappa shape index (κ2) is 4.96. The minimum absolute atomic E-state index is 0.0986. The minimum Gasteiger partial charge on any atom is -0.396 e. The summed E-state index contributed by atoms with van der Waals surface area (Å²) in [5.74, 6) is 0. The maximum absolute atomic E-state index is 8.70. The monoisotopic (exact) mass is 263 g/mol. The lowest BCUT2D eigenvalue weighted by Gasteiger charge is -2.10. The van der Waals surface area contributed by atoms with Crippen molar-refractivity contribution in [2.45, 2.75) is 12.5 Å². The van der Waals surface area contributed by atoms with Gasteiger partial charge in [-0.15, -0.1) is 0 Å². The molecule has 0 saturated heterocycles. The van der Waals surface area contributed by atoms with Gasteiger partial charge in [-0.1, -0.05) is 17.7 Å². The van der Waals surface area contributed by atoms with Crippen molar-refractivity contribution in [3.8, 4) is 0 Å². The zero-order valence-corrected chi connectivity index (χ0v) is 9.35. The van der Waals surface area contributed by atoms with Crippen LogP contribution in [-0.4, -0.2) is 11.7 Å². The van der Waals surface area contributed by atoms with Crippen LogP contribution in [0.2, 0.25) is 5.02 Å². The predicted molar refractivity (Wildman–Crippen MR) is 57.8 cm³/mol. The van der Waals surface area contributed by atoms with Crippen molar-refractivity contribution in [2.24, 2.45) is 5.73 Å². The van der Waals surface area contributed by atoms with E-state index >= 15 is 0 Å². The lowest BCUT2D eigenvalue weighted by Crippen LogP contribution is -2.11. The highest BCUT2D eigenvalue weighted by atomic mass is 79.9. The number of aliphatic hydroxyl groups excluding tert-OH is 1. The largest absolute Gasteiger partial charge is 0.396 e. The summed E-state index contributed by atoms with van der Waals surface area (Å²) in [7, 11) is 0. The molecular formula is C9H11BrClNO. The lowest BCUT2D eigenvalue weighted by atomic mass is 10.1. The van der Waals surface area contributed by atoms with Gasteiger partial charge in [-0.3, -0.25) is 0 Å². The van der Waals surface area contributed by atoms with Crippen LogP contribution in [0.15, 0.2) is 22.7 Å². The summed E-state index contributed by atoms with van der Waals surface area (Å²) in [6.07, 6.45) is 0.564. The second-order valence-electron chi connectivity index (χ2n) is 2.79. The van der Waals surface area contributed by atoms with E-state index in [9.17, 15) is 0 Å². The van der Waals surface area contributed by atoms with Crippen molar-refractivity contribution in [1.82, 2.24) is 0 Å². The summed E-state index contributed by atoms with van der Waals surface area (Å²) >= 11 is 9.14. The first-order valence-corrected chi connectivity index (χ1v) is 5.13. The molecule has 0 fully saturated rings. The van der Waals surface area contributed by atoms with Crippen molar-refractivity contribution < 1.29 is 5.11 Å². The number of nitrogens with two attached hydrogens (primary N) is 1. The summed E-state index contributed by atoms with van der Waals surface area (Å²) < 4.78 is 0.833. The molecule has 1 rings (SSSR count). The van der Waals surface area contributed by atoms with Gasteiger partial charge in [0.25, 0.3) is 0 Å². The van der Waals surface area contributed by atoms with Crippen molar-refractivity contribution >= 4 is 27.5 Å². The van der Waals surface area contributed by atoms with E-state index in [-0.39, 0.29) is 12.6 Å². The molecule has 0 bridgehead atoms. The van der Waals surface area contributed by atoms with Gasteiger partial charge in [-0.2, -0.15) is 0 Å². The summed E-state index contributed by atoms with van der Waals surface area (Å²) in [4.78, 5) is 0. The van der Waals surface area contributed by atoms with Crippen LogP contribution in [0.5, 0.6) is 0 Å². The van der Waals surface area contributed by atoms with Gasteiger partial charge in [0.05, 0.1) is 5.02 Å². The Morgan fingerprint density at radius 1 is 1.54 bits per heavy atom. The van der Waals surface area contributed by atoms with E-state index in [0.717, 1.165) is 10.0 Å². The molecular weight excluding hydrogens is 253 g/mol. The molecule has 0 amide bonds. The van der Waals surface area contributed by atoms with Crippen LogP contribution in [0.3, 0.4) is 0 Å². The topological polar surface area (TPSA) is 46.2 Å². The zero-order valence-electron chi connectivity index (χ0n) is 7.00. The van der Waals surface area contributed by atoms with Crippen molar-refractivity contribution in [3.63, 3.8) is 0 Å². The Bertz CT molecular complexity index is 293. The molecule has 0 unspecified atom stereocenters. The number of benzene rings is 1. The maximum atomic E-state index is 8.70. The smallest absolute Gasteiger partial charge is 0.0548 e. The van der Waals surface area contributed by atoms with E-state index in [4.69, 9.17) is 22.4 Å². The highest BCUT2D eigenvalue weighted by Crippen LogP contribution is 2.26. The number of hydrogen-bond donors (Lipinski definition) is 2. The average Bonchev–Trinajstić information content (AvgIpc) is 2.10. The first-order valence-electron chi connectivity index (χ1n) is 3.96. The number of rotatable bonds is 3. The van der Waals surface area contributed by atoms with Gasteiger partial charge >= 0.3 is 0 Å². The van der Waals surface area contributed by atoms with Gasteiger partial charge in [-0.25, -0.2) is 0 Å².